The Morgan fingerprint density at radius 3 is 2.81 bits per heavy atom. The first-order chi connectivity index (χ1) is 13.1. The number of aryl methyl sites for hydroxylation is 1. The topological polar surface area (TPSA) is 65.4 Å². The summed E-state index contributed by atoms with van der Waals surface area (Å²) in [7, 11) is 3.29. The van der Waals surface area contributed by atoms with Crippen LogP contribution in [0.4, 0.5) is 0 Å². The molecule has 0 saturated heterocycles. The summed E-state index contributed by atoms with van der Waals surface area (Å²) in [6.07, 6.45) is 4.61. The van der Waals surface area contributed by atoms with E-state index in [0.717, 1.165) is 43.1 Å². The van der Waals surface area contributed by atoms with Gasteiger partial charge >= 0.3 is 0 Å². The van der Waals surface area contributed by atoms with Gasteiger partial charge in [-0.1, -0.05) is 26.3 Å². The van der Waals surface area contributed by atoms with E-state index in [1.807, 2.05) is 12.1 Å². The van der Waals surface area contributed by atoms with Gasteiger partial charge in [0.05, 0.1) is 20.4 Å². The van der Waals surface area contributed by atoms with Gasteiger partial charge in [0.2, 0.25) is 0 Å². The molecule has 0 fully saturated rings. The minimum Gasteiger partial charge on any atom is -0.493 e. The molecule has 0 radical (unpaired) electrons. The molecule has 2 atom stereocenters. The van der Waals surface area contributed by atoms with Gasteiger partial charge in [-0.2, -0.15) is 0 Å². The summed E-state index contributed by atoms with van der Waals surface area (Å²) >= 11 is 0. The van der Waals surface area contributed by atoms with Gasteiger partial charge < -0.3 is 19.4 Å². The molecular formula is C21H29N3O3. The van der Waals surface area contributed by atoms with Gasteiger partial charge in [-0.25, -0.2) is 4.98 Å². The van der Waals surface area contributed by atoms with Crippen molar-refractivity contribution in [3.8, 4) is 11.5 Å². The van der Waals surface area contributed by atoms with Crippen molar-refractivity contribution < 1.29 is 14.3 Å². The molecule has 0 bridgehead atoms. The Labute approximate surface area is 160 Å². The highest BCUT2D eigenvalue weighted by Gasteiger charge is 2.26. The summed E-state index contributed by atoms with van der Waals surface area (Å²) in [6.45, 7) is 5.70. The minimum absolute atomic E-state index is 0.0398. The predicted molar refractivity (Wildman–Crippen MR) is 105 cm³/mol. The lowest BCUT2D eigenvalue weighted by Gasteiger charge is -2.26. The number of fused-ring (bicyclic) bond motifs is 1. The highest BCUT2D eigenvalue weighted by molar-refractivity contribution is 5.92. The zero-order valence-corrected chi connectivity index (χ0v) is 16.6. The van der Waals surface area contributed by atoms with E-state index in [1.165, 1.54) is 5.56 Å². The lowest BCUT2D eigenvalue weighted by Crippen LogP contribution is -2.31. The van der Waals surface area contributed by atoms with Crippen molar-refractivity contribution in [3.05, 3.63) is 41.5 Å². The number of ether oxygens (including phenoxy) is 2. The first-order valence-corrected chi connectivity index (χ1v) is 9.61. The summed E-state index contributed by atoms with van der Waals surface area (Å²) in [4.78, 5) is 17.1. The normalized spacial score (nSPS) is 17.1. The molecule has 0 spiro atoms. The molecule has 0 saturated carbocycles. The molecule has 6 heteroatoms. The second-order valence-corrected chi connectivity index (χ2v) is 7.24. The third-order valence-corrected chi connectivity index (χ3v) is 5.48. The predicted octanol–water partition coefficient (Wildman–Crippen LogP) is 3.41. The van der Waals surface area contributed by atoms with Crippen molar-refractivity contribution in [1.82, 2.24) is 14.9 Å². The largest absolute Gasteiger partial charge is 0.493 e. The fourth-order valence-electron chi connectivity index (χ4n) is 3.49. The smallest absolute Gasteiger partial charge is 0.269 e. The lowest BCUT2D eigenvalue weighted by atomic mass is 9.91. The maximum Gasteiger partial charge on any atom is 0.269 e. The maximum atomic E-state index is 12.6. The van der Waals surface area contributed by atoms with Crippen LogP contribution in [0.15, 0.2) is 24.4 Å². The molecule has 0 unspecified atom stereocenters. The highest BCUT2D eigenvalue weighted by Crippen LogP contribution is 2.35. The summed E-state index contributed by atoms with van der Waals surface area (Å²) in [5.74, 6) is 3.19. The number of nitrogens with one attached hydrogen (secondary N) is 1. The number of imidazole rings is 1. The van der Waals surface area contributed by atoms with Crippen LogP contribution >= 0.6 is 0 Å². The number of carbonyl (C=O) groups is 1. The Hall–Kier alpha value is -2.50. The Morgan fingerprint density at radius 1 is 1.33 bits per heavy atom. The van der Waals surface area contributed by atoms with Crippen LogP contribution in [0.25, 0.3) is 0 Å². The molecule has 1 aromatic heterocycles. The van der Waals surface area contributed by atoms with E-state index in [4.69, 9.17) is 9.47 Å². The van der Waals surface area contributed by atoms with Crippen LogP contribution < -0.4 is 14.8 Å². The molecule has 3 rings (SSSR count). The maximum absolute atomic E-state index is 12.6. The van der Waals surface area contributed by atoms with Crippen molar-refractivity contribution in [2.45, 2.75) is 45.6 Å². The average molecular weight is 371 g/mol. The molecule has 1 N–H and O–H groups in total. The molecular weight excluding hydrogens is 342 g/mol. The van der Waals surface area contributed by atoms with E-state index < -0.39 is 0 Å². The van der Waals surface area contributed by atoms with Gasteiger partial charge in [-0.3, -0.25) is 4.79 Å². The minimum atomic E-state index is -0.0398. The summed E-state index contributed by atoms with van der Waals surface area (Å²) in [5.41, 5.74) is 1.84. The number of nitrogens with zero attached hydrogens (tertiary/aromatic N) is 2. The number of hydrogen-bond donors (Lipinski definition) is 1. The van der Waals surface area contributed by atoms with Crippen molar-refractivity contribution in [1.29, 1.82) is 0 Å². The average Bonchev–Trinajstić information content (AvgIpc) is 3.14. The van der Waals surface area contributed by atoms with E-state index >= 15 is 0 Å². The molecule has 1 aromatic carbocycles. The van der Waals surface area contributed by atoms with Crippen LogP contribution in [-0.2, 0) is 13.0 Å². The quantitative estimate of drug-likeness (QED) is 0.810. The van der Waals surface area contributed by atoms with E-state index in [9.17, 15) is 4.79 Å². The fraction of sp³-hybridized carbons (Fsp3) is 0.524. The van der Waals surface area contributed by atoms with Gasteiger partial charge in [-0.15, -0.1) is 0 Å². The molecule has 6 nitrogen and oxygen atoms in total. The third-order valence-electron chi connectivity index (χ3n) is 5.48. The fourth-order valence-corrected chi connectivity index (χ4v) is 3.49. The number of carbonyl (C=O) groups excluding carboxylic acids is 1. The van der Waals surface area contributed by atoms with E-state index in [2.05, 4.69) is 34.8 Å². The number of aromatic nitrogens is 2. The summed E-state index contributed by atoms with van der Waals surface area (Å²) in [5, 5.41) is 3.04. The number of methoxy groups -OCH3 is 2. The third kappa shape index (κ3) is 4.10. The van der Waals surface area contributed by atoms with Crippen molar-refractivity contribution in [2.24, 2.45) is 5.92 Å². The summed E-state index contributed by atoms with van der Waals surface area (Å²) in [6, 6.07) is 6.06. The van der Waals surface area contributed by atoms with Crippen molar-refractivity contribution >= 4 is 5.91 Å². The Kier molecular flexibility index (Phi) is 6.04. The molecule has 27 heavy (non-hydrogen) atoms. The van der Waals surface area contributed by atoms with E-state index in [0.29, 0.717) is 24.1 Å². The number of amides is 1. The van der Waals surface area contributed by atoms with E-state index in [-0.39, 0.29) is 5.91 Å². The summed E-state index contributed by atoms with van der Waals surface area (Å²) < 4.78 is 12.8. The molecule has 2 heterocycles. The Morgan fingerprint density at radius 2 is 2.11 bits per heavy atom. The van der Waals surface area contributed by atoms with Crippen LogP contribution in [0.3, 0.4) is 0 Å². The molecule has 146 valence electrons. The Bertz CT molecular complexity index is 800. The van der Waals surface area contributed by atoms with Gasteiger partial charge in [0, 0.05) is 25.4 Å². The monoisotopic (exact) mass is 371 g/mol. The van der Waals surface area contributed by atoms with Crippen LogP contribution in [0.5, 0.6) is 11.5 Å². The molecule has 1 amide bonds. The second-order valence-electron chi connectivity index (χ2n) is 7.24. The number of rotatable bonds is 7. The number of benzene rings is 1. The van der Waals surface area contributed by atoms with Gasteiger partial charge in [-0.05, 0) is 30.0 Å². The van der Waals surface area contributed by atoms with Gasteiger partial charge in [0.1, 0.15) is 11.5 Å². The van der Waals surface area contributed by atoms with Crippen molar-refractivity contribution in [2.75, 3.05) is 20.8 Å². The highest BCUT2D eigenvalue weighted by atomic mass is 16.5. The van der Waals surface area contributed by atoms with E-state index in [1.54, 1.807) is 20.4 Å². The van der Waals surface area contributed by atoms with Crippen LogP contribution in [0.1, 0.15) is 54.5 Å². The molecule has 2 aromatic rings. The molecule has 1 aliphatic rings. The second kappa shape index (κ2) is 8.46. The first-order valence-electron chi connectivity index (χ1n) is 9.61. The zero-order valence-electron chi connectivity index (χ0n) is 16.6. The van der Waals surface area contributed by atoms with Crippen LogP contribution in [-0.4, -0.2) is 36.2 Å². The zero-order chi connectivity index (χ0) is 19.4. The molecule has 0 aliphatic carbocycles. The van der Waals surface area contributed by atoms with Crippen LogP contribution in [0.2, 0.25) is 0 Å². The van der Waals surface area contributed by atoms with Gasteiger partial charge in [0.15, 0.2) is 11.5 Å². The van der Waals surface area contributed by atoms with Crippen molar-refractivity contribution in [3.63, 3.8) is 0 Å². The van der Waals surface area contributed by atoms with Crippen LogP contribution in [0, 0.1) is 5.92 Å². The lowest BCUT2D eigenvalue weighted by molar-refractivity contribution is 0.0937. The number of hydrogen-bond acceptors (Lipinski definition) is 4. The Balaban J connectivity index is 1.78. The molecule has 1 aliphatic heterocycles. The standard InChI is InChI=1S/C21H29N3O3/c1-5-14(2)11-23-21(25)17-12-22-20-9-7-16(13-24(17)20)15-6-8-18(26-3)19(10-15)27-4/h6,8,10,12,14,16H,5,7,9,11,13H2,1-4H3,(H,23,25)/t14-,16+/m0/s1. The first kappa shape index (κ1) is 19.3. The SMILES string of the molecule is CC[C@H](C)CNC(=O)c1cnc2n1C[C@H](c1ccc(OC)c(OC)c1)CC2. The van der Waals surface area contributed by atoms with Gasteiger partial charge in [0.25, 0.3) is 5.91 Å².